The molecule has 0 aliphatic carbocycles. The van der Waals surface area contributed by atoms with E-state index in [1.54, 1.807) is 5.06 Å². The molecule has 4 fully saturated rings. The van der Waals surface area contributed by atoms with Crippen LogP contribution in [0.3, 0.4) is 0 Å². The van der Waals surface area contributed by atoms with Gasteiger partial charge < -0.3 is 14.4 Å². The summed E-state index contributed by atoms with van der Waals surface area (Å²) in [4.78, 5) is 20.3. The van der Waals surface area contributed by atoms with Crippen LogP contribution >= 0.6 is 0 Å². The van der Waals surface area contributed by atoms with E-state index in [4.69, 9.17) is 14.3 Å². The number of hydrogen-bond acceptors (Lipinski definition) is 5. The van der Waals surface area contributed by atoms with Crippen molar-refractivity contribution in [3.8, 4) is 0 Å². The molecule has 0 aromatic carbocycles. The molecule has 4 saturated heterocycles. The molecule has 6 nitrogen and oxygen atoms in total. The van der Waals surface area contributed by atoms with Gasteiger partial charge in [0.05, 0.1) is 25.2 Å². The summed E-state index contributed by atoms with van der Waals surface area (Å²) in [5, 5.41) is 1.55. The molecular formula is C18H30N2O4. The lowest BCUT2D eigenvalue weighted by Crippen LogP contribution is -2.38. The average molecular weight is 338 g/mol. The molecule has 0 spiro atoms. The van der Waals surface area contributed by atoms with Gasteiger partial charge in [-0.05, 0) is 38.0 Å². The van der Waals surface area contributed by atoms with Gasteiger partial charge in [-0.25, -0.2) is 5.06 Å². The van der Waals surface area contributed by atoms with Crippen molar-refractivity contribution in [1.82, 2.24) is 9.96 Å². The Morgan fingerprint density at radius 3 is 2.71 bits per heavy atom. The predicted molar refractivity (Wildman–Crippen MR) is 88.3 cm³/mol. The Labute approximate surface area is 144 Å². The molecule has 0 aromatic heterocycles. The van der Waals surface area contributed by atoms with E-state index in [-0.39, 0.29) is 12.0 Å². The molecule has 0 radical (unpaired) electrons. The molecule has 24 heavy (non-hydrogen) atoms. The summed E-state index contributed by atoms with van der Waals surface area (Å²) in [5.74, 6) is 1.48. The third-order valence-corrected chi connectivity index (χ3v) is 5.93. The SMILES string of the molecule is O=C(C[C@@H]1C[C@H]2CN(CC3CCOCC3)C[C@H]2O1)N1CCCCO1. The third-order valence-electron chi connectivity index (χ3n) is 5.93. The van der Waals surface area contributed by atoms with Crippen LogP contribution in [-0.2, 0) is 19.1 Å². The first-order valence-corrected chi connectivity index (χ1v) is 9.67. The quantitative estimate of drug-likeness (QED) is 0.776. The van der Waals surface area contributed by atoms with Gasteiger partial charge >= 0.3 is 0 Å². The molecular weight excluding hydrogens is 308 g/mol. The summed E-state index contributed by atoms with van der Waals surface area (Å²) >= 11 is 0. The number of rotatable bonds is 4. The molecule has 0 N–H and O–H groups in total. The van der Waals surface area contributed by atoms with Gasteiger partial charge in [0.2, 0.25) is 5.91 Å². The van der Waals surface area contributed by atoms with E-state index < -0.39 is 0 Å². The predicted octanol–water partition coefficient (Wildman–Crippen LogP) is 1.45. The third kappa shape index (κ3) is 3.93. The number of nitrogens with zero attached hydrogens (tertiary/aromatic N) is 2. The normalized spacial score (nSPS) is 35.3. The monoisotopic (exact) mass is 338 g/mol. The molecule has 4 aliphatic rings. The molecule has 1 amide bonds. The van der Waals surface area contributed by atoms with Gasteiger partial charge in [0.15, 0.2) is 0 Å². The van der Waals surface area contributed by atoms with E-state index in [2.05, 4.69) is 4.90 Å². The number of likely N-dealkylation sites (tertiary alicyclic amines) is 1. The highest BCUT2D eigenvalue weighted by atomic mass is 16.7. The summed E-state index contributed by atoms with van der Waals surface area (Å²) in [6, 6.07) is 0. The summed E-state index contributed by atoms with van der Waals surface area (Å²) < 4.78 is 11.6. The number of hydroxylamine groups is 2. The lowest BCUT2D eigenvalue weighted by atomic mass is 9.99. The molecule has 0 aromatic rings. The molecule has 4 rings (SSSR count). The van der Waals surface area contributed by atoms with E-state index >= 15 is 0 Å². The van der Waals surface area contributed by atoms with Crippen LogP contribution < -0.4 is 0 Å². The zero-order chi connectivity index (χ0) is 16.4. The zero-order valence-corrected chi connectivity index (χ0v) is 14.5. The van der Waals surface area contributed by atoms with Crippen LogP contribution in [-0.4, -0.2) is 74.1 Å². The second kappa shape index (κ2) is 7.68. The minimum absolute atomic E-state index is 0.0863. The highest BCUT2D eigenvalue weighted by molar-refractivity contribution is 5.75. The maximum absolute atomic E-state index is 12.3. The Bertz CT molecular complexity index is 421. The van der Waals surface area contributed by atoms with Crippen LogP contribution in [0.5, 0.6) is 0 Å². The molecule has 4 heterocycles. The smallest absolute Gasteiger partial charge is 0.248 e. The molecule has 0 saturated carbocycles. The fourth-order valence-corrected chi connectivity index (χ4v) is 4.61. The van der Waals surface area contributed by atoms with E-state index in [1.807, 2.05) is 0 Å². The largest absolute Gasteiger partial charge is 0.381 e. The number of carbonyl (C=O) groups excluding carboxylic acids is 1. The Hall–Kier alpha value is -0.690. The first kappa shape index (κ1) is 16.8. The Morgan fingerprint density at radius 2 is 1.96 bits per heavy atom. The van der Waals surface area contributed by atoms with Crippen molar-refractivity contribution in [1.29, 1.82) is 0 Å². The number of ether oxygens (including phenoxy) is 2. The maximum Gasteiger partial charge on any atom is 0.248 e. The topological polar surface area (TPSA) is 51.2 Å². The van der Waals surface area contributed by atoms with Gasteiger partial charge in [0.25, 0.3) is 0 Å². The first-order chi connectivity index (χ1) is 11.8. The molecule has 136 valence electrons. The number of hydrogen-bond donors (Lipinski definition) is 0. The minimum Gasteiger partial charge on any atom is -0.381 e. The van der Waals surface area contributed by atoms with Crippen LogP contribution in [0.25, 0.3) is 0 Å². The second-order valence-corrected chi connectivity index (χ2v) is 7.81. The molecule has 3 atom stereocenters. The van der Waals surface area contributed by atoms with Crippen LogP contribution in [0.15, 0.2) is 0 Å². The van der Waals surface area contributed by atoms with Crippen LogP contribution in [0.1, 0.15) is 38.5 Å². The highest BCUT2D eigenvalue weighted by Gasteiger charge is 2.43. The lowest BCUT2D eigenvalue weighted by Gasteiger charge is -2.28. The second-order valence-electron chi connectivity index (χ2n) is 7.81. The molecule has 6 heteroatoms. The minimum atomic E-state index is 0.0863. The summed E-state index contributed by atoms with van der Waals surface area (Å²) in [6.45, 7) is 6.60. The lowest BCUT2D eigenvalue weighted by molar-refractivity contribution is -0.199. The summed E-state index contributed by atoms with van der Waals surface area (Å²) in [7, 11) is 0. The van der Waals surface area contributed by atoms with Crippen molar-refractivity contribution < 1.29 is 19.1 Å². The summed E-state index contributed by atoms with van der Waals surface area (Å²) in [5.41, 5.74) is 0. The Kier molecular flexibility index (Phi) is 5.37. The molecule has 0 unspecified atom stereocenters. The average Bonchev–Trinajstić information content (AvgIpc) is 3.14. The van der Waals surface area contributed by atoms with Crippen LogP contribution in [0.2, 0.25) is 0 Å². The highest BCUT2D eigenvalue weighted by Crippen LogP contribution is 2.35. The van der Waals surface area contributed by atoms with E-state index in [9.17, 15) is 4.79 Å². The van der Waals surface area contributed by atoms with Crippen molar-refractivity contribution in [2.75, 3.05) is 46.0 Å². The van der Waals surface area contributed by atoms with Crippen molar-refractivity contribution in [3.05, 3.63) is 0 Å². The number of fused-ring (bicyclic) bond motifs is 1. The molecule has 0 bridgehead atoms. The standard InChI is InChI=1S/C18H30N2O4/c21-18(20-5-1-2-6-23-20)10-16-9-15-12-19(13-17(15)24-16)11-14-3-7-22-8-4-14/h14-17H,1-13H2/t15-,16-,17+/m0/s1. The Balaban J connectivity index is 1.20. The van der Waals surface area contributed by atoms with Gasteiger partial charge in [0.1, 0.15) is 0 Å². The fourth-order valence-electron chi connectivity index (χ4n) is 4.61. The van der Waals surface area contributed by atoms with E-state index in [0.29, 0.717) is 25.0 Å². The number of carbonyl (C=O) groups is 1. The van der Waals surface area contributed by atoms with Gasteiger partial charge in [-0.3, -0.25) is 9.63 Å². The van der Waals surface area contributed by atoms with Crippen LogP contribution in [0.4, 0.5) is 0 Å². The van der Waals surface area contributed by atoms with Gasteiger partial charge in [0, 0.05) is 45.3 Å². The molecule has 4 aliphatic heterocycles. The van der Waals surface area contributed by atoms with Crippen LogP contribution in [0, 0.1) is 11.8 Å². The van der Waals surface area contributed by atoms with Gasteiger partial charge in [-0.15, -0.1) is 0 Å². The van der Waals surface area contributed by atoms with Crippen molar-refractivity contribution in [3.63, 3.8) is 0 Å². The number of amides is 1. The van der Waals surface area contributed by atoms with Crippen molar-refractivity contribution >= 4 is 5.91 Å². The fraction of sp³-hybridized carbons (Fsp3) is 0.944. The van der Waals surface area contributed by atoms with Gasteiger partial charge in [-0.1, -0.05) is 0 Å². The van der Waals surface area contributed by atoms with Crippen molar-refractivity contribution in [2.24, 2.45) is 11.8 Å². The van der Waals surface area contributed by atoms with Gasteiger partial charge in [-0.2, -0.15) is 0 Å². The van der Waals surface area contributed by atoms with Crippen molar-refractivity contribution in [2.45, 2.75) is 50.7 Å². The van der Waals surface area contributed by atoms with E-state index in [0.717, 1.165) is 58.0 Å². The Morgan fingerprint density at radius 1 is 1.08 bits per heavy atom. The maximum atomic E-state index is 12.3. The zero-order valence-electron chi connectivity index (χ0n) is 14.5. The summed E-state index contributed by atoms with van der Waals surface area (Å²) in [6.07, 6.45) is 6.40. The van der Waals surface area contributed by atoms with E-state index in [1.165, 1.54) is 19.4 Å². The first-order valence-electron chi connectivity index (χ1n) is 9.67.